The Morgan fingerprint density at radius 2 is 1.79 bits per heavy atom. The lowest BCUT2D eigenvalue weighted by Gasteiger charge is -2.28. The Morgan fingerprint density at radius 1 is 1.11 bits per heavy atom. The molecule has 8 heteroatoms. The monoisotopic (exact) mass is 388 g/mol. The van der Waals surface area contributed by atoms with Crippen LogP contribution in [0.5, 0.6) is 5.75 Å². The van der Waals surface area contributed by atoms with Crippen LogP contribution in [0.4, 0.5) is 13.6 Å². The van der Waals surface area contributed by atoms with Crippen LogP contribution in [0.1, 0.15) is 24.1 Å². The zero-order valence-electron chi connectivity index (χ0n) is 14.9. The fourth-order valence-corrected chi connectivity index (χ4v) is 2.86. The van der Waals surface area contributed by atoms with Crippen LogP contribution in [0.15, 0.2) is 65.9 Å². The van der Waals surface area contributed by atoms with Crippen molar-refractivity contribution in [2.45, 2.75) is 26.2 Å². The van der Waals surface area contributed by atoms with Gasteiger partial charge in [-0.25, -0.2) is 9.59 Å². The number of alkyl halides is 2. The summed E-state index contributed by atoms with van der Waals surface area (Å²) in [5, 5.41) is 5.21. The lowest BCUT2D eigenvalue weighted by atomic mass is 9.95. The number of amides is 2. The maximum Gasteiger partial charge on any atom is 0.387 e. The molecule has 0 fully saturated rings. The molecule has 2 amide bonds. The molecule has 6 nitrogen and oxygen atoms in total. The zero-order valence-corrected chi connectivity index (χ0v) is 14.9. The Bertz CT molecular complexity index is 883. The third-order valence-electron chi connectivity index (χ3n) is 4.14. The smallest absolute Gasteiger partial charge is 0.387 e. The highest BCUT2D eigenvalue weighted by Crippen LogP contribution is 2.29. The molecule has 1 aliphatic rings. The van der Waals surface area contributed by atoms with Crippen molar-refractivity contribution >= 4 is 12.0 Å². The summed E-state index contributed by atoms with van der Waals surface area (Å²) in [6.45, 7) is -1.26. The van der Waals surface area contributed by atoms with Crippen LogP contribution >= 0.6 is 0 Å². The highest BCUT2D eigenvalue weighted by molar-refractivity contribution is 5.95. The van der Waals surface area contributed by atoms with E-state index in [4.69, 9.17) is 4.74 Å². The number of hydrogen-bond donors (Lipinski definition) is 2. The molecule has 2 N–H and O–H groups in total. The van der Waals surface area contributed by atoms with E-state index < -0.39 is 24.7 Å². The van der Waals surface area contributed by atoms with E-state index in [1.165, 1.54) is 24.3 Å². The van der Waals surface area contributed by atoms with Gasteiger partial charge in [0.15, 0.2) is 0 Å². The molecule has 0 unspecified atom stereocenters. The lowest BCUT2D eigenvalue weighted by Crippen LogP contribution is -2.45. The van der Waals surface area contributed by atoms with Gasteiger partial charge in [0.05, 0.1) is 11.6 Å². The second-order valence-corrected chi connectivity index (χ2v) is 6.08. The minimum absolute atomic E-state index is 0.0204. The first kappa shape index (κ1) is 19.3. The van der Waals surface area contributed by atoms with Crippen LogP contribution in [0.25, 0.3) is 0 Å². The van der Waals surface area contributed by atoms with E-state index in [0.29, 0.717) is 11.3 Å². The summed E-state index contributed by atoms with van der Waals surface area (Å²) >= 11 is 0. The van der Waals surface area contributed by atoms with E-state index in [0.717, 1.165) is 5.56 Å². The number of benzene rings is 2. The van der Waals surface area contributed by atoms with Crippen molar-refractivity contribution in [3.05, 3.63) is 77.0 Å². The molecule has 2 aromatic rings. The number of rotatable bonds is 6. The summed E-state index contributed by atoms with van der Waals surface area (Å²) in [6.07, 6.45) is 0. The Balaban J connectivity index is 1.81. The van der Waals surface area contributed by atoms with E-state index in [-0.39, 0.29) is 17.9 Å². The minimum Gasteiger partial charge on any atom is -0.457 e. The molecule has 3 rings (SSSR count). The molecule has 0 saturated heterocycles. The van der Waals surface area contributed by atoms with Crippen LogP contribution in [-0.4, -0.2) is 18.6 Å². The van der Waals surface area contributed by atoms with Gasteiger partial charge in [-0.1, -0.05) is 42.5 Å². The molecule has 0 radical (unpaired) electrons. The minimum atomic E-state index is -2.94. The van der Waals surface area contributed by atoms with Crippen molar-refractivity contribution < 1.29 is 27.8 Å². The number of halogens is 2. The highest BCUT2D eigenvalue weighted by atomic mass is 19.3. The molecule has 0 aliphatic carbocycles. The molecule has 0 bridgehead atoms. The van der Waals surface area contributed by atoms with Gasteiger partial charge in [0.1, 0.15) is 12.4 Å². The fraction of sp³-hybridized carbons (Fsp3) is 0.200. The Labute approximate surface area is 160 Å². The Hall–Kier alpha value is -3.42. The van der Waals surface area contributed by atoms with E-state index >= 15 is 0 Å². The number of hydrogen-bond acceptors (Lipinski definition) is 4. The molecule has 1 aliphatic heterocycles. The number of nitrogens with one attached hydrogen (secondary N) is 2. The van der Waals surface area contributed by atoms with Gasteiger partial charge >= 0.3 is 18.6 Å². The van der Waals surface area contributed by atoms with E-state index in [2.05, 4.69) is 15.4 Å². The van der Waals surface area contributed by atoms with Gasteiger partial charge in [-0.15, -0.1) is 0 Å². The van der Waals surface area contributed by atoms with Crippen LogP contribution in [-0.2, 0) is 16.1 Å². The summed E-state index contributed by atoms with van der Waals surface area (Å²) in [5.74, 6) is -0.611. The summed E-state index contributed by atoms with van der Waals surface area (Å²) in [6, 6.07) is 13.6. The van der Waals surface area contributed by atoms with Crippen molar-refractivity contribution in [2.24, 2.45) is 0 Å². The van der Waals surface area contributed by atoms with Gasteiger partial charge in [-0.05, 0) is 30.2 Å². The largest absolute Gasteiger partial charge is 0.457 e. The van der Waals surface area contributed by atoms with E-state index in [1.54, 1.807) is 6.92 Å². The lowest BCUT2D eigenvalue weighted by molar-refractivity contribution is -0.140. The molecule has 0 saturated carbocycles. The van der Waals surface area contributed by atoms with Crippen molar-refractivity contribution in [3.63, 3.8) is 0 Å². The third kappa shape index (κ3) is 4.64. The van der Waals surface area contributed by atoms with Gasteiger partial charge in [0.2, 0.25) is 0 Å². The quantitative estimate of drug-likeness (QED) is 0.741. The van der Waals surface area contributed by atoms with Crippen LogP contribution in [0.3, 0.4) is 0 Å². The summed E-state index contributed by atoms with van der Waals surface area (Å²) in [4.78, 5) is 24.6. The molecule has 1 heterocycles. The normalized spacial score (nSPS) is 16.4. The first-order valence-corrected chi connectivity index (χ1v) is 8.48. The second kappa shape index (κ2) is 8.51. The zero-order chi connectivity index (χ0) is 20.1. The number of carbonyl (C=O) groups is 2. The number of esters is 1. The van der Waals surface area contributed by atoms with Gasteiger partial charge in [0, 0.05) is 5.70 Å². The van der Waals surface area contributed by atoms with Crippen LogP contribution < -0.4 is 15.4 Å². The second-order valence-electron chi connectivity index (χ2n) is 6.08. The fourth-order valence-electron chi connectivity index (χ4n) is 2.86. The number of allylic oxidation sites excluding steroid dienone is 1. The first-order chi connectivity index (χ1) is 13.4. The number of carbonyl (C=O) groups excluding carboxylic acids is 2. The van der Waals surface area contributed by atoms with Gasteiger partial charge in [-0.2, -0.15) is 8.78 Å². The topological polar surface area (TPSA) is 76.7 Å². The van der Waals surface area contributed by atoms with Crippen molar-refractivity contribution in [2.75, 3.05) is 0 Å². The molecule has 2 aromatic carbocycles. The molecular formula is C20H18F2N2O4. The average Bonchev–Trinajstić information content (AvgIpc) is 2.66. The molecular weight excluding hydrogens is 370 g/mol. The highest BCUT2D eigenvalue weighted by Gasteiger charge is 2.32. The van der Waals surface area contributed by atoms with Crippen LogP contribution in [0, 0.1) is 0 Å². The van der Waals surface area contributed by atoms with Crippen molar-refractivity contribution in [3.8, 4) is 5.75 Å². The maximum absolute atomic E-state index is 12.7. The predicted octanol–water partition coefficient (Wildman–Crippen LogP) is 3.66. The maximum atomic E-state index is 12.7. The standard InChI is InChI=1S/C20H18F2N2O4/c1-12-16(18(25)27-11-13-5-3-2-4-6-13)17(24-20(26)23-12)14-7-9-15(10-8-14)28-19(21)22/h2-10,17,19H,11H2,1H3,(H2,23,24,26)/t17-/m1/s1. The van der Waals surface area contributed by atoms with Crippen molar-refractivity contribution in [1.29, 1.82) is 0 Å². The van der Waals surface area contributed by atoms with E-state index in [9.17, 15) is 18.4 Å². The third-order valence-corrected chi connectivity index (χ3v) is 4.14. The summed E-state index contributed by atoms with van der Waals surface area (Å²) in [5.41, 5.74) is 1.95. The molecule has 0 spiro atoms. The molecule has 146 valence electrons. The van der Waals surface area contributed by atoms with Gasteiger partial charge < -0.3 is 20.1 Å². The summed E-state index contributed by atoms with van der Waals surface area (Å²) < 4.78 is 34.3. The first-order valence-electron chi connectivity index (χ1n) is 8.48. The SMILES string of the molecule is CC1=C(C(=O)OCc2ccccc2)[C@@H](c2ccc(OC(F)F)cc2)NC(=O)N1. The van der Waals surface area contributed by atoms with Crippen molar-refractivity contribution in [1.82, 2.24) is 10.6 Å². The predicted molar refractivity (Wildman–Crippen MR) is 96.4 cm³/mol. The van der Waals surface area contributed by atoms with E-state index in [1.807, 2.05) is 30.3 Å². The molecule has 1 atom stereocenters. The summed E-state index contributed by atoms with van der Waals surface area (Å²) in [7, 11) is 0. The molecule has 0 aromatic heterocycles. The Kier molecular flexibility index (Phi) is 5.88. The Morgan fingerprint density at radius 3 is 2.43 bits per heavy atom. The van der Waals surface area contributed by atoms with Crippen LogP contribution in [0.2, 0.25) is 0 Å². The van der Waals surface area contributed by atoms with Gasteiger partial charge in [0.25, 0.3) is 0 Å². The number of ether oxygens (including phenoxy) is 2. The number of urea groups is 1. The van der Waals surface area contributed by atoms with Gasteiger partial charge in [-0.3, -0.25) is 0 Å². The average molecular weight is 388 g/mol. The molecule has 28 heavy (non-hydrogen) atoms.